The van der Waals surface area contributed by atoms with E-state index in [9.17, 15) is 36.6 Å². The van der Waals surface area contributed by atoms with Crippen molar-refractivity contribution < 1.29 is 36.6 Å². The molecule has 0 aromatic carbocycles. The first kappa shape index (κ1) is 26.7. The van der Waals surface area contributed by atoms with Crippen LogP contribution in [0.3, 0.4) is 0 Å². The number of hydrogen-bond acceptors (Lipinski definition) is 7. The van der Waals surface area contributed by atoms with Gasteiger partial charge in [0.05, 0.1) is 17.0 Å². The minimum Gasteiger partial charge on any atom is -0.391 e. The van der Waals surface area contributed by atoms with Gasteiger partial charge in [-0.25, -0.2) is 18.7 Å². The number of pyridine rings is 1. The van der Waals surface area contributed by atoms with Gasteiger partial charge in [0.15, 0.2) is 5.01 Å². The number of amides is 2. The molecule has 2 bridgehead atoms. The summed E-state index contributed by atoms with van der Waals surface area (Å²) in [7, 11) is 0. The number of aliphatic hydroxyl groups excluding tert-OH is 1. The second-order valence-electron chi connectivity index (χ2n) is 9.96. The van der Waals surface area contributed by atoms with Crippen LogP contribution >= 0.6 is 11.3 Å². The number of nitrogens with zero attached hydrogens (tertiary/aromatic N) is 3. The molecule has 3 aliphatic rings. The van der Waals surface area contributed by atoms with Crippen LogP contribution in [0.5, 0.6) is 0 Å². The molecule has 3 N–H and O–H groups in total. The number of aromatic nitrogens is 2. The SMILES string of the molecule is C[C@H](Nc1cc(C(F)F)c(-c2sc(C(=O)N[C@@H]3CC[C@H]3O)nc2C(=O)N2C3CCC2CC3)cn1)C(F)(F)F. The molecule has 1 aliphatic carbocycles. The Bertz CT molecular complexity index is 1220. The van der Waals surface area contributed by atoms with E-state index in [0.29, 0.717) is 12.8 Å². The Morgan fingerprint density at radius 2 is 1.79 bits per heavy atom. The van der Waals surface area contributed by atoms with Crippen molar-refractivity contribution in [2.24, 2.45) is 0 Å². The third-order valence-corrected chi connectivity index (χ3v) is 8.62. The van der Waals surface area contributed by atoms with Crippen molar-refractivity contribution in [3.8, 4) is 10.4 Å². The predicted molar refractivity (Wildman–Crippen MR) is 128 cm³/mol. The lowest BCUT2D eigenvalue weighted by atomic mass is 9.89. The van der Waals surface area contributed by atoms with Crippen LogP contribution in [0.15, 0.2) is 12.3 Å². The molecule has 5 rings (SSSR count). The largest absolute Gasteiger partial charge is 0.408 e. The highest BCUT2D eigenvalue weighted by Crippen LogP contribution is 2.42. The molecular formula is C24H26F5N5O3S. The Morgan fingerprint density at radius 3 is 2.32 bits per heavy atom. The third-order valence-electron chi connectivity index (χ3n) is 7.54. The van der Waals surface area contributed by atoms with Crippen molar-refractivity contribution >= 4 is 29.0 Å². The Hall–Kier alpha value is -2.87. The molecule has 38 heavy (non-hydrogen) atoms. The van der Waals surface area contributed by atoms with Crippen LogP contribution < -0.4 is 10.6 Å². The third kappa shape index (κ3) is 4.95. The Labute approximate surface area is 218 Å². The summed E-state index contributed by atoms with van der Waals surface area (Å²) in [6.45, 7) is 0.839. The first-order valence-corrected chi connectivity index (χ1v) is 13.2. The second-order valence-corrected chi connectivity index (χ2v) is 11.0. The van der Waals surface area contributed by atoms with Gasteiger partial charge in [-0.05, 0) is 51.5 Å². The smallest absolute Gasteiger partial charge is 0.391 e. The number of rotatable bonds is 7. The zero-order valence-electron chi connectivity index (χ0n) is 20.3. The minimum atomic E-state index is -4.62. The van der Waals surface area contributed by atoms with Crippen molar-refractivity contribution in [2.45, 2.75) is 88.3 Å². The molecule has 2 aliphatic heterocycles. The van der Waals surface area contributed by atoms with Gasteiger partial charge in [-0.15, -0.1) is 11.3 Å². The van der Waals surface area contributed by atoms with E-state index in [1.165, 1.54) is 0 Å². The molecule has 2 aromatic rings. The highest BCUT2D eigenvalue weighted by molar-refractivity contribution is 7.17. The summed E-state index contributed by atoms with van der Waals surface area (Å²) >= 11 is 0.738. The summed E-state index contributed by atoms with van der Waals surface area (Å²) < 4.78 is 67.3. The molecule has 2 saturated heterocycles. The number of anilines is 1. The fraction of sp³-hybridized carbons (Fsp3) is 0.583. The lowest BCUT2D eigenvalue weighted by molar-refractivity contribution is -0.138. The maximum absolute atomic E-state index is 14.2. The number of fused-ring (bicyclic) bond motifs is 2. The first-order valence-electron chi connectivity index (χ1n) is 12.4. The summed E-state index contributed by atoms with van der Waals surface area (Å²) in [5.74, 6) is -1.52. The number of thiazole rings is 1. The van der Waals surface area contributed by atoms with Crippen LogP contribution in [0, 0.1) is 0 Å². The van der Waals surface area contributed by atoms with Crippen molar-refractivity contribution in [1.29, 1.82) is 0 Å². The molecule has 4 heterocycles. The van der Waals surface area contributed by atoms with E-state index in [-0.39, 0.29) is 33.2 Å². The number of nitrogens with one attached hydrogen (secondary N) is 2. The molecule has 2 aromatic heterocycles. The van der Waals surface area contributed by atoms with Crippen LogP contribution in [0.4, 0.5) is 27.8 Å². The quantitative estimate of drug-likeness (QED) is 0.431. The Morgan fingerprint density at radius 1 is 1.13 bits per heavy atom. The van der Waals surface area contributed by atoms with E-state index in [1.54, 1.807) is 4.90 Å². The molecule has 206 valence electrons. The molecule has 3 atom stereocenters. The number of alkyl halides is 5. The maximum Gasteiger partial charge on any atom is 0.408 e. The molecule has 2 amide bonds. The topological polar surface area (TPSA) is 107 Å². The lowest BCUT2D eigenvalue weighted by Crippen LogP contribution is -2.50. The monoisotopic (exact) mass is 559 g/mol. The van der Waals surface area contributed by atoms with Gasteiger partial charge < -0.3 is 20.6 Å². The number of aliphatic hydroxyl groups is 1. The van der Waals surface area contributed by atoms with E-state index < -0.39 is 54.0 Å². The first-order chi connectivity index (χ1) is 17.9. The lowest BCUT2D eigenvalue weighted by Gasteiger charge is -2.32. The van der Waals surface area contributed by atoms with Crippen LogP contribution in [-0.2, 0) is 0 Å². The van der Waals surface area contributed by atoms with Crippen molar-refractivity contribution in [3.05, 3.63) is 28.5 Å². The van der Waals surface area contributed by atoms with Crippen LogP contribution in [-0.4, -0.2) is 68.2 Å². The van der Waals surface area contributed by atoms with Gasteiger partial charge in [-0.1, -0.05) is 0 Å². The van der Waals surface area contributed by atoms with Crippen LogP contribution in [0.1, 0.15) is 77.7 Å². The van der Waals surface area contributed by atoms with Gasteiger partial charge in [-0.3, -0.25) is 9.59 Å². The van der Waals surface area contributed by atoms with Gasteiger partial charge in [-0.2, -0.15) is 13.2 Å². The molecule has 0 unspecified atom stereocenters. The highest BCUT2D eigenvalue weighted by Gasteiger charge is 2.44. The average Bonchev–Trinajstić information content (AvgIpc) is 3.60. The zero-order chi connectivity index (χ0) is 27.4. The van der Waals surface area contributed by atoms with Gasteiger partial charge in [0.25, 0.3) is 18.2 Å². The zero-order valence-corrected chi connectivity index (χ0v) is 21.1. The molecule has 8 nitrogen and oxygen atoms in total. The Balaban J connectivity index is 1.53. The summed E-state index contributed by atoms with van der Waals surface area (Å²) in [5.41, 5.74) is -0.984. The predicted octanol–water partition coefficient (Wildman–Crippen LogP) is 4.53. The summed E-state index contributed by atoms with van der Waals surface area (Å²) in [6.07, 6.45) is -3.05. The summed E-state index contributed by atoms with van der Waals surface area (Å²) in [4.78, 5) is 36.4. The van der Waals surface area contributed by atoms with E-state index in [2.05, 4.69) is 20.6 Å². The second kappa shape index (κ2) is 10.0. The fourth-order valence-electron chi connectivity index (χ4n) is 5.22. The Kier molecular flexibility index (Phi) is 7.05. The van der Waals surface area contributed by atoms with Crippen molar-refractivity contribution in [3.63, 3.8) is 0 Å². The van der Waals surface area contributed by atoms with Gasteiger partial charge in [0, 0.05) is 29.4 Å². The average molecular weight is 560 g/mol. The molecular weight excluding hydrogens is 533 g/mol. The summed E-state index contributed by atoms with van der Waals surface area (Å²) in [5, 5.41) is 14.4. The van der Waals surface area contributed by atoms with Gasteiger partial charge >= 0.3 is 6.18 Å². The van der Waals surface area contributed by atoms with E-state index in [1.807, 2.05) is 0 Å². The molecule has 14 heteroatoms. The number of hydrogen-bond donors (Lipinski definition) is 3. The number of halogens is 5. The van der Waals surface area contributed by atoms with Crippen LogP contribution in [0.25, 0.3) is 10.4 Å². The molecule has 3 fully saturated rings. The fourth-order valence-corrected chi connectivity index (χ4v) is 6.21. The maximum atomic E-state index is 14.2. The van der Waals surface area contributed by atoms with E-state index in [0.717, 1.165) is 56.2 Å². The number of carbonyl (C=O) groups excluding carboxylic acids is 2. The van der Waals surface area contributed by atoms with Crippen LogP contribution in [0.2, 0.25) is 0 Å². The molecule has 0 spiro atoms. The normalized spacial score (nSPS) is 25.4. The van der Waals surface area contributed by atoms with Crippen molar-refractivity contribution in [2.75, 3.05) is 5.32 Å². The number of carbonyl (C=O) groups is 2. The molecule has 1 saturated carbocycles. The van der Waals surface area contributed by atoms with Gasteiger partial charge in [0.2, 0.25) is 0 Å². The standard InChI is InChI=1S/C24H26F5N5O3S/c1-10(24(27,28)29)31-17-8-13(20(25)26)14(9-30-17)19-18(23(37)34-11-2-3-12(34)5-4-11)33-22(38-19)21(36)32-15-6-7-16(15)35/h8-12,15-16,20,35H,2-7H2,1H3,(H,30,31)(H,32,36)/t10-,11?,12?,15+,16+/m0/s1. The van der Waals surface area contributed by atoms with Crippen molar-refractivity contribution in [1.82, 2.24) is 20.2 Å². The van der Waals surface area contributed by atoms with Gasteiger partial charge in [0.1, 0.15) is 17.6 Å². The highest BCUT2D eigenvalue weighted by atomic mass is 32.1. The summed E-state index contributed by atoms with van der Waals surface area (Å²) in [6, 6.07) is -1.67. The van der Waals surface area contributed by atoms with E-state index >= 15 is 0 Å². The molecule has 0 radical (unpaired) electrons. The van der Waals surface area contributed by atoms with E-state index in [4.69, 9.17) is 0 Å². The minimum absolute atomic E-state index is 0.00109.